The third-order valence-corrected chi connectivity index (χ3v) is 3.49. The van der Waals surface area contributed by atoms with Gasteiger partial charge in [0.2, 0.25) is 0 Å². The van der Waals surface area contributed by atoms with Crippen LogP contribution in [0.4, 0.5) is 0 Å². The molecule has 13 heavy (non-hydrogen) atoms. The summed E-state index contributed by atoms with van der Waals surface area (Å²) >= 11 is 5.55. The Morgan fingerprint density at radius 1 is 1.38 bits per heavy atom. The molecule has 1 rings (SSSR count). The van der Waals surface area contributed by atoms with Crippen molar-refractivity contribution in [3.05, 3.63) is 28.7 Å². The molecule has 1 aromatic rings. The molecule has 0 heterocycles. The van der Waals surface area contributed by atoms with Crippen LogP contribution in [0.25, 0.3) is 0 Å². The Hall–Kier alpha value is 0.130. The molecular formula is C6H5Br2O4P. The lowest BCUT2D eigenvalue weighted by Gasteiger charge is -2.09. The first-order valence-corrected chi connectivity index (χ1v) is 6.06. The normalized spacial score (nSPS) is 15.0. The summed E-state index contributed by atoms with van der Waals surface area (Å²) in [7, 11) is -4.04. The van der Waals surface area contributed by atoms with Crippen molar-refractivity contribution in [2.24, 2.45) is 0 Å². The van der Waals surface area contributed by atoms with E-state index < -0.39 is 7.82 Å². The Labute approximate surface area is 92.1 Å². The zero-order valence-electron chi connectivity index (χ0n) is 6.18. The molecule has 7 heteroatoms. The van der Waals surface area contributed by atoms with Crippen molar-refractivity contribution in [3.8, 4) is 5.75 Å². The summed E-state index contributed by atoms with van der Waals surface area (Å²) < 4.78 is 20.3. The summed E-state index contributed by atoms with van der Waals surface area (Å²) in [5.41, 5.74) is 0. The molecule has 0 spiro atoms. The summed E-state index contributed by atoms with van der Waals surface area (Å²) in [4.78, 5) is 8.94. The van der Waals surface area contributed by atoms with E-state index in [-0.39, 0.29) is 5.75 Å². The lowest BCUT2D eigenvalue weighted by atomic mass is 10.3. The molecule has 0 aliphatic rings. The molecule has 0 fully saturated rings. The van der Waals surface area contributed by atoms with E-state index in [0.717, 1.165) is 0 Å². The van der Waals surface area contributed by atoms with Crippen molar-refractivity contribution in [1.82, 2.24) is 0 Å². The van der Waals surface area contributed by atoms with Crippen molar-refractivity contribution >= 4 is 40.0 Å². The van der Waals surface area contributed by atoms with Crippen LogP contribution >= 0.6 is 40.0 Å². The van der Waals surface area contributed by atoms with E-state index in [1.807, 2.05) is 0 Å². The average molecular weight is 332 g/mol. The highest BCUT2D eigenvalue weighted by molar-refractivity contribution is 9.10. The first-order valence-electron chi connectivity index (χ1n) is 3.12. The number of benzene rings is 1. The van der Waals surface area contributed by atoms with E-state index in [1.54, 1.807) is 24.3 Å². The fourth-order valence-corrected chi connectivity index (χ4v) is 1.76. The molecule has 0 aliphatic carbocycles. The molecule has 0 radical (unpaired) electrons. The first-order chi connectivity index (χ1) is 6.05. The second kappa shape index (κ2) is 4.57. The van der Waals surface area contributed by atoms with Gasteiger partial charge in [0.25, 0.3) is 0 Å². The number of halogens is 2. The van der Waals surface area contributed by atoms with Gasteiger partial charge in [0.15, 0.2) is 0 Å². The second-order valence-electron chi connectivity index (χ2n) is 2.06. The molecule has 72 valence electrons. The smallest absolute Gasteiger partial charge is 0.402 e. The summed E-state index contributed by atoms with van der Waals surface area (Å²) in [6, 6.07) is 6.66. The van der Waals surface area contributed by atoms with E-state index in [1.165, 1.54) is 0 Å². The molecule has 0 aliphatic heterocycles. The predicted molar refractivity (Wildman–Crippen MR) is 54.6 cm³/mol. The van der Waals surface area contributed by atoms with Gasteiger partial charge in [0.05, 0.1) is 4.47 Å². The van der Waals surface area contributed by atoms with Crippen molar-refractivity contribution in [3.63, 3.8) is 0 Å². The molecule has 1 atom stereocenters. The molecule has 0 bridgehead atoms. The maximum atomic E-state index is 10.9. The minimum Gasteiger partial charge on any atom is -0.402 e. The predicted octanol–water partition coefficient (Wildman–Crippen LogP) is 3.25. The van der Waals surface area contributed by atoms with Gasteiger partial charge in [-0.1, -0.05) is 12.1 Å². The number of para-hydroxylation sites is 1. The Bertz CT molecular complexity index is 343. The van der Waals surface area contributed by atoms with Crippen LogP contribution in [0, 0.1) is 0 Å². The molecule has 4 nitrogen and oxygen atoms in total. The third-order valence-electron chi connectivity index (χ3n) is 1.14. The Morgan fingerprint density at radius 3 is 2.54 bits per heavy atom. The molecule has 0 saturated heterocycles. The van der Waals surface area contributed by atoms with Crippen LogP contribution in [0.5, 0.6) is 5.75 Å². The zero-order chi connectivity index (χ0) is 9.90. The fraction of sp³-hybridized carbons (Fsp3) is 0. The largest absolute Gasteiger partial charge is 0.538 e. The SMILES string of the molecule is O=P(O)(OBr)Oc1ccccc1Br. The maximum absolute atomic E-state index is 10.9. The third kappa shape index (κ3) is 3.40. The van der Waals surface area contributed by atoms with E-state index >= 15 is 0 Å². The lowest BCUT2D eigenvalue weighted by Crippen LogP contribution is -1.91. The number of rotatable bonds is 3. The summed E-state index contributed by atoms with van der Waals surface area (Å²) in [5.74, 6) is 0.243. The van der Waals surface area contributed by atoms with E-state index in [2.05, 4.69) is 40.3 Å². The molecule has 1 unspecified atom stereocenters. The summed E-state index contributed by atoms with van der Waals surface area (Å²) in [5, 5.41) is 0. The first kappa shape index (κ1) is 11.2. The highest BCUT2D eigenvalue weighted by Gasteiger charge is 2.22. The maximum Gasteiger partial charge on any atom is 0.538 e. The van der Waals surface area contributed by atoms with Crippen molar-refractivity contribution in [1.29, 1.82) is 0 Å². The molecular weight excluding hydrogens is 327 g/mol. The van der Waals surface area contributed by atoms with Crippen LogP contribution in [-0.4, -0.2) is 4.89 Å². The van der Waals surface area contributed by atoms with Gasteiger partial charge in [0, 0.05) is 0 Å². The van der Waals surface area contributed by atoms with Gasteiger partial charge in [-0.25, -0.2) is 4.57 Å². The minimum absolute atomic E-state index is 0.243. The van der Waals surface area contributed by atoms with Gasteiger partial charge in [-0.05, 0) is 28.1 Å². The summed E-state index contributed by atoms with van der Waals surface area (Å²) in [6.07, 6.45) is 0. The Balaban J connectivity index is 2.86. The second-order valence-corrected chi connectivity index (χ2v) is 5.04. The Kier molecular flexibility index (Phi) is 3.94. The zero-order valence-corrected chi connectivity index (χ0v) is 10.3. The number of hydrogen-bond donors (Lipinski definition) is 1. The van der Waals surface area contributed by atoms with Crippen LogP contribution in [0.1, 0.15) is 0 Å². The molecule has 1 aromatic carbocycles. The Morgan fingerprint density at radius 2 is 2.00 bits per heavy atom. The number of phosphoric acid groups is 1. The van der Waals surface area contributed by atoms with Gasteiger partial charge in [-0.2, -0.15) is 3.62 Å². The average Bonchev–Trinajstić information content (AvgIpc) is 2.09. The molecule has 0 amide bonds. The lowest BCUT2D eigenvalue weighted by molar-refractivity contribution is 0.311. The van der Waals surface area contributed by atoms with Crippen molar-refractivity contribution in [2.75, 3.05) is 0 Å². The van der Waals surface area contributed by atoms with Gasteiger partial charge in [0.1, 0.15) is 22.0 Å². The van der Waals surface area contributed by atoms with E-state index in [4.69, 9.17) is 4.89 Å². The van der Waals surface area contributed by atoms with Crippen LogP contribution in [0.2, 0.25) is 0 Å². The van der Waals surface area contributed by atoms with Crippen LogP contribution in [-0.2, 0) is 8.18 Å². The standard InChI is InChI=1S/C6H5Br2O4P/c7-5-3-1-2-4-6(5)11-13(9,10)12-8/h1-4H,(H,9,10). The highest BCUT2D eigenvalue weighted by atomic mass is 79.9. The van der Waals surface area contributed by atoms with Crippen LogP contribution < -0.4 is 4.52 Å². The van der Waals surface area contributed by atoms with Gasteiger partial charge in [-0.15, -0.1) is 0 Å². The van der Waals surface area contributed by atoms with Crippen LogP contribution in [0.15, 0.2) is 28.7 Å². The fourth-order valence-electron chi connectivity index (χ4n) is 0.657. The van der Waals surface area contributed by atoms with E-state index in [9.17, 15) is 4.57 Å². The van der Waals surface area contributed by atoms with Crippen molar-refractivity contribution in [2.45, 2.75) is 0 Å². The number of phosphoric ester groups is 1. The monoisotopic (exact) mass is 330 g/mol. The highest BCUT2D eigenvalue weighted by Crippen LogP contribution is 2.47. The van der Waals surface area contributed by atoms with E-state index in [0.29, 0.717) is 4.47 Å². The topological polar surface area (TPSA) is 55.8 Å². The number of hydrogen-bond acceptors (Lipinski definition) is 3. The van der Waals surface area contributed by atoms with Gasteiger partial charge < -0.3 is 4.52 Å². The molecule has 0 aromatic heterocycles. The minimum atomic E-state index is -4.04. The molecule has 1 N–H and O–H groups in total. The van der Waals surface area contributed by atoms with Gasteiger partial charge in [-0.3, -0.25) is 4.89 Å². The summed E-state index contributed by atoms with van der Waals surface area (Å²) in [6.45, 7) is 0. The quantitative estimate of drug-likeness (QED) is 0.864. The molecule has 0 saturated carbocycles. The van der Waals surface area contributed by atoms with Crippen LogP contribution in [0.3, 0.4) is 0 Å². The van der Waals surface area contributed by atoms with Gasteiger partial charge >= 0.3 is 7.82 Å². The van der Waals surface area contributed by atoms with Crippen molar-refractivity contribution < 1.29 is 17.6 Å².